The van der Waals surface area contributed by atoms with E-state index in [9.17, 15) is 4.79 Å². The van der Waals surface area contributed by atoms with Crippen molar-refractivity contribution in [3.63, 3.8) is 0 Å². The molecule has 2 aliphatic carbocycles. The van der Waals surface area contributed by atoms with E-state index in [1.807, 2.05) is 60.7 Å². The topological polar surface area (TPSA) is 55.4 Å². The number of furan rings is 2. The largest absolute Gasteiger partial charge is 0.456 e. The molecule has 0 atom stereocenters. The predicted molar refractivity (Wildman–Crippen MR) is 287 cm³/mol. The van der Waals surface area contributed by atoms with Crippen molar-refractivity contribution in [1.29, 1.82) is 0 Å². The van der Waals surface area contributed by atoms with Gasteiger partial charge in [-0.1, -0.05) is 177 Å². The molecule has 2 aromatic heterocycles. The molecule has 0 saturated carbocycles. The summed E-state index contributed by atoms with van der Waals surface area (Å²) >= 11 is 9.57. The van der Waals surface area contributed by atoms with Gasteiger partial charge in [0, 0.05) is 60.0 Å². The molecule has 0 saturated heterocycles. The molecule has 332 valence electrons. The standard InChI is InChI=1S/C27H19BrO.C18H11ClO.C17H17NO/c1-27(2)23-14-16(10-12-19(23)20-13-11-17(28)15-24(20)27)18-7-5-8-22-21-6-3-4-9-25(21)29-26(18)22;19-14-8-5-12(6-9-14)13-7-10-16-15-3-1-2-4-17(15)20-18(16)11-13;1-11(19)18-12-8-9-14-13-6-4-5-7-15(13)17(2,3)16(14)10-12/h3-15H,1-2H3;1-11H;4-10H,1-3H3,(H,18,19). The quantitative estimate of drug-likeness (QED) is 0.192. The molecule has 2 aliphatic rings. The van der Waals surface area contributed by atoms with Gasteiger partial charge in [-0.15, -0.1) is 0 Å². The molecule has 1 amide bonds. The maximum absolute atomic E-state index is 11.2. The highest BCUT2D eigenvalue weighted by atomic mass is 79.9. The van der Waals surface area contributed by atoms with Crippen LogP contribution >= 0.6 is 27.5 Å². The average Bonchev–Trinajstić information content (AvgIpc) is 4.04. The summed E-state index contributed by atoms with van der Waals surface area (Å²) in [5.41, 5.74) is 19.8. The van der Waals surface area contributed by atoms with Gasteiger partial charge in [0.15, 0.2) is 0 Å². The lowest BCUT2D eigenvalue weighted by Crippen LogP contribution is -2.15. The molecule has 0 unspecified atom stereocenters. The number of halogens is 2. The van der Waals surface area contributed by atoms with Crippen molar-refractivity contribution in [3.8, 4) is 44.5 Å². The Morgan fingerprint density at radius 2 is 0.985 bits per heavy atom. The molecular weight excluding hydrogens is 922 g/mol. The zero-order valence-electron chi connectivity index (χ0n) is 38.4. The van der Waals surface area contributed by atoms with Crippen LogP contribution in [0.15, 0.2) is 201 Å². The van der Waals surface area contributed by atoms with Crippen LogP contribution in [-0.4, -0.2) is 5.91 Å². The van der Waals surface area contributed by atoms with Crippen molar-refractivity contribution in [2.24, 2.45) is 0 Å². The maximum atomic E-state index is 11.2. The molecule has 11 aromatic rings. The van der Waals surface area contributed by atoms with Crippen molar-refractivity contribution in [2.75, 3.05) is 5.32 Å². The van der Waals surface area contributed by atoms with Gasteiger partial charge >= 0.3 is 0 Å². The first-order valence-corrected chi connectivity index (χ1v) is 24.1. The van der Waals surface area contributed by atoms with Crippen LogP contribution in [0.25, 0.3) is 88.4 Å². The zero-order valence-corrected chi connectivity index (χ0v) is 40.7. The number of fused-ring (bicyclic) bond motifs is 12. The van der Waals surface area contributed by atoms with Gasteiger partial charge < -0.3 is 14.2 Å². The summed E-state index contributed by atoms with van der Waals surface area (Å²) in [5.74, 6) is -0.0340. The second-order valence-electron chi connectivity index (χ2n) is 18.8. The Balaban J connectivity index is 0.000000116. The third kappa shape index (κ3) is 7.51. The van der Waals surface area contributed by atoms with E-state index in [1.54, 1.807) is 0 Å². The van der Waals surface area contributed by atoms with Crippen LogP contribution in [0.1, 0.15) is 56.9 Å². The summed E-state index contributed by atoms with van der Waals surface area (Å²) in [5, 5.41) is 8.26. The number of anilines is 1. The first kappa shape index (κ1) is 43.4. The molecule has 13 rings (SSSR count). The molecule has 6 heteroatoms. The third-order valence-corrected chi connectivity index (χ3v) is 14.6. The third-order valence-electron chi connectivity index (χ3n) is 13.8. The summed E-state index contributed by atoms with van der Waals surface area (Å²) < 4.78 is 13.3. The molecule has 68 heavy (non-hydrogen) atoms. The number of carbonyl (C=O) groups excluding carboxylic acids is 1. The summed E-state index contributed by atoms with van der Waals surface area (Å²) in [7, 11) is 0. The van der Waals surface area contributed by atoms with Crippen molar-refractivity contribution in [2.45, 2.75) is 45.4 Å². The summed E-state index contributed by atoms with van der Waals surface area (Å²) in [4.78, 5) is 11.2. The van der Waals surface area contributed by atoms with Gasteiger partial charge in [-0.05, 0) is 128 Å². The molecule has 2 heterocycles. The zero-order chi connectivity index (χ0) is 46.9. The lowest BCUT2D eigenvalue weighted by molar-refractivity contribution is -0.114. The Bertz CT molecular complexity index is 3780. The summed E-state index contributed by atoms with van der Waals surface area (Å²) in [6.45, 7) is 10.6. The Morgan fingerprint density at radius 3 is 1.74 bits per heavy atom. The monoisotopic (exact) mass is 967 g/mol. The first-order valence-electron chi connectivity index (χ1n) is 22.9. The normalized spacial score (nSPS) is 13.5. The van der Waals surface area contributed by atoms with Crippen LogP contribution in [0.2, 0.25) is 5.02 Å². The minimum Gasteiger partial charge on any atom is -0.456 e. The van der Waals surface area contributed by atoms with Gasteiger partial charge in [0.1, 0.15) is 22.3 Å². The van der Waals surface area contributed by atoms with E-state index >= 15 is 0 Å². The van der Waals surface area contributed by atoms with E-state index < -0.39 is 0 Å². The van der Waals surface area contributed by atoms with Gasteiger partial charge in [-0.3, -0.25) is 4.79 Å². The predicted octanol–water partition coefficient (Wildman–Crippen LogP) is 18.2. The molecule has 0 radical (unpaired) electrons. The van der Waals surface area contributed by atoms with Crippen LogP contribution in [-0.2, 0) is 15.6 Å². The Morgan fingerprint density at radius 1 is 0.456 bits per heavy atom. The molecular formula is C62H47BrClNO3. The van der Waals surface area contributed by atoms with Crippen molar-refractivity contribution in [1.82, 2.24) is 0 Å². The van der Waals surface area contributed by atoms with Crippen LogP contribution in [0.5, 0.6) is 0 Å². The lowest BCUT2D eigenvalue weighted by Gasteiger charge is -2.22. The minimum atomic E-state index is -0.0355. The fraction of sp³-hybridized carbons (Fsp3) is 0.113. The minimum absolute atomic E-state index is 0.0135. The van der Waals surface area contributed by atoms with E-state index in [1.165, 1.54) is 67.8 Å². The van der Waals surface area contributed by atoms with Crippen LogP contribution in [0.4, 0.5) is 5.69 Å². The molecule has 0 fully saturated rings. The number of amides is 1. The van der Waals surface area contributed by atoms with Crippen LogP contribution < -0.4 is 5.32 Å². The average molecular weight is 969 g/mol. The second kappa shape index (κ2) is 16.9. The van der Waals surface area contributed by atoms with Crippen LogP contribution in [0.3, 0.4) is 0 Å². The van der Waals surface area contributed by atoms with E-state index in [4.69, 9.17) is 20.4 Å². The molecule has 0 aliphatic heterocycles. The molecule has 0 bridgehead atoms. The highest BCUT2D eigenvalue weighted by Crippen LogP contribution is 2.51. The maximum Gasteiger partial charge on any atom is 0.221 e. The molecule has 1 N–H and O–H groups in total. The van der Waals surface area contributed by atoms with E-state index in [0.29, 0.717) is 0 Å². The van der Waals surface area contributed by atoms with Gasteiger partial charge in [0.05, 0.1) is 0 Å². The van der Waals surface area contributed by atoms with Gasteiger partial charge in [-0.2, -0.15) is 0 Å². The fourth-order valence-corrected chi connectivity index (χ4v) is 10.9. The lowest BCUT2D eigenvalue weighted by atomic mass is 9.81. The fourth-order valence-electron chi connectivity index (χ4n) is 10.4. The first-order chi connectivity index (χ1) is 32.8. The second-order valence-corrected chi connectivity index (χ2v) is 20.1. The van der Waals surface area contributed by atoms with Gasteiger partial charge in [0.2, 0.25) is 5.91 Å². The number of hydrogen-bond acceptors (Lipinski definition) is 3. The number of benzene rings is 9. The Hall–Kier alpha value is -7.18. The Kier molecular flexibility index (Phi) is 10.8. The smallest absolute Gasteiger partial charge is 0.221 e. The van der Waals surface area contributed by atoms with E-state index in [2.05, 4.69) is 176 Å². The highest BCUT2D eigenvalue weighted by Gasteiger charge is 2.37. The molecule has 4 nitrogen and oxygen atoms in total. The molecule has 9 aromatic carbocycles. The van der Waals surface area contributed by atoms with Crippen molar-refractivity contribution in [3.05, 3.63) is 220 Å². The summed E-state index contributed by atoms with van der Waals surface area (Å²) in [6.07, 6.45) is 0. The number of nitrogens with one attached hydrogen (secondary N) is 1. The number of hydrogen-bond donors (Lipinski definition) is 1. The van der Waals surface area contributed by atoms with E-state index in [-0.39, 0.29) is 16.7 Å². The number of rotatable bonds is 3. The van der Waals surface area contributed by atoms with Crippen LogP contribution in [0, 0.1) is 0 Å². The molecule has 0 spiro atoms. The highest BCUT2D eigenvalue weighted by molar-refractivity contribution is 9.10. The Labute approximate surface area is 409 Å². The van der Waals surface area contributed by atoms with E-state index in [0.717, 1.165) is 65.0 Å². The number of carbonyl (C=O) groups is 1. The van der Waals surface area contributed by atoms with Crippen molar-refractivity contribution < 1.29 is 13.6 Å². The van der Waals surface area contributed by atoms with Gasteiger partial charge in [-0.25, -0.2) is 0 Å². The number of para-hydroxylation sites is 3. The van der Waals surface area contributed by atoms with Gasteiger partial charge in [0.25, 0.3) is 0 Å². The van der Waals surface area contributed by atoms with Crippen molar-refractivity contribution >= 4 is 83.0 Å². The SMILES string of the molecule is CC(=O)Nc1ccc2c(c1)C(C)(C)c1ccccc1-2.CC1(C)c2cc(Br)ccc2-c2ccc(-c3cccc4c3oc3ccccc34)cc21.Clc1ccc(-c2ccc3c(c2)oc2ccccc23)cc1. The summed E-state index contributed by atoms with van der Waals surface area (Å²) in [6, 6.07) is 65.1.